The standard InChI is InChI=1S/C46H31NO/c1-3-11-32(12-4-1)34-19-24-39(25-20-34)47(40-26-21-35(22-27-40)33-13-5-2-6-14-33)44-18-10-9-17-41(44)38-23-28-42-43-29-36-15-7-8-16-37(36)30-46(43)48-45(42)31-38/h1-31H. The van der Waals surface area contributed by atoms with Crippen LogP contribution in [0.15, 0.2) is 192 Å². The molecule has 0 aliphatic rings. The van der Waals surface area contributed by atoms with E-state index in [0.29, 0.717) is 0 Å². The molecule has 0 N–H and O–H groups in total. The Morgan fingerprint density at radius 1 is 0.333 bits per heavy atom. The van der Waals surface area contributed by atoms with Crippen LogP contribution in [0.3, 0.4) is 0 Å². The van der Waals surface area contributed by atoms with E-state index in [4.69, 9.17) is 4.42 Å². The molecule has 0 amide bonds. The minimum absolute atomic E-state index is 0.888. The van der Waals surface area contributed by atoms with Crippen LogP contribution in [-0.2, 0) is 0 Å². The second-order valence-corrected chi connectivity index (χ2v) is 12.2. The molecule has 9 aromatic rings. The minimum Gasteiger partial charge on any atom is -0.456 e. The molecule has 1 aromatic heterocycles. The summed E-state index contributed by atoms with van der Waals surface area (Å²) in [6.45, 7) is 0. The maximum Gasteiger partial charge on any atom is 0.136 e. The summed E-state index contributed by atoms with van der Waals surface area (Å²) in [7, 11) is 0. The van der Waals surface area contributed by atoms with Crippen molar-refractivity contribution in [3.8, 4) is 33.4 Å². The number of fused-ring (bicyclic) bond motifs is 4. The highest BCUT2D eigenvalue weighted by Crippen LogP contribution is 2.43. The second-order valence-electron chi connectivity index (χ2n) is 12.2. The van der Waals surface area contributed by atoms with Gasteiger partial charge in [-0.3, -0.25) is 0 Å². The van der Waals surface area contributed by atoms with Gasteiger partial charge in [-0.1, -0.05) is 133 Å². The van der Waals surface area contributed by atoms with Crippen molar-refractivity contribution in [3.63, 3.8) is 0 Å². The van der Waals surface area contributed by atoms with Crippen LogP contribution in [0.25, 0.3) is 66.1 Å². The van der Waals surface area contributed by atoms with Gasteiger partial charge in [-0.15, -0.1) is 0 Å². The molecule has 9 rings (SSSR count). The maximum absolute atomic E-state index is 6.49. The zero-order chi connectivity index (χ0) is 31.9. The Kier molecular flexibility index (Phi) is 6.84. The number of furan rings is 1. The molecule has 0 saturated heterocycles. The molecule has 0 unspecified atom stereocenters. The summed E-state index contributed by atoms with van der Waals surface area (Å²) in [4.78, 5) is 2.36. The lowest BCUT2D eigenvalue weighted by Crippen LogP contribution is -2.11. The lowest BCUT2D eigenvalue weighted by molar-refractivity contribution is 0.669. The molecule has 0 aliphatic carbocycles. The van der Waals surface area contributed by atoms with Gasteiger partial charge < -0.3 is 9.32 Å². The zero-order valence-electron chi connectivity index (χ0n) is 26.3. The molecular formula is C46H31NO. The molecular weight excluding hydrogens is 583 g/mol. The predicted molar refractivity (Wildman–Crippen MR) is 202 cm³/mol. The topological polar surface area (TPSA) is 16.4 Å². The minimum atomic E-state index is 0.888. The first-order valence-corrected chi connectivity index (χ1v) is 16.3. The van der Waals surface area contributed by atoms with Crippen LogP contribution in [-0.4, -0.2) is 0 Å². The summed E-state index contributed by atoms with van der Waals surface area (Å²) in [5.74, 6) is 0. The number of hydrogen-bond acceptors (Lipinski definition) is 2. The molecule has 0 radical (unpaired) electrons. The van der Waals surface area contributed by atoms with Crippen molar-refractivity contribution in [3.05, 3.63) is 188 Å². The van der Waals surface area contributed by atoms with Crippen molar-refractivity contribution < 1.29 is 4.42 Å². The second kappa shape index (κ2) is 11.8. The van der Waals surface area contributed by atoms with E-state index in [1.807, 2.05) is 0 Å². The third-order valence-electron chi connectivity index (χ3n) is 9.26. The fourth-order valence-electron chi connectivity index (χ4n) is 6.84. The van der Waals surface area contributed by atoms with Crippen molar-refractivity contribution in [1.29, 1.82) is 0 Å². The summed E-state index contributed by atoms with van der Waals surface area (Å²) in [6.07, 6.45) is 0. The first-order valence-electron chi connectivity index (χ1n) is 16.3. The molecule has 2 heteroatoms. The largest absolute Gasteiger partial charge is 0.456 e. The molecule has 8 aromatic carbocycles. The van der Waals surface area contributed by atoms with Crippen LogP contribution in [0.2, 0.25) is 0 Å². The van der Waals surface area contributed by atoms with Crippen LogP contribution in [0, 0.1) is 0 Å². The van der Waals surface area contributed by atoms with Crippen molar-refractivity contribution >= 4 is 49.8 Å². The maximum atomic E-state index is 6.49. The van der Waals surface area contributed by atoms with Crippen LogP contribution in [0.1, 0.15) is 0 Å². The first-order chi connectivity index (χ1) is 23.8. The van der Waals surface area contributed by atoms with Gasteiger partial charge in [0.1, 0.15) is 11.2 Å². The van der Waals surface area contributed by atoms with Gasteiger partial charge in [0, 0.05) is 27.7 Å². The van der Waals surface area contributed by atoms with Gasteiger partial charge in [-0.25, -0.2) is 0 Å². The molecule has 0 fully saturated rings. The highest BCUT2D eigenvalue weighted by molar-refractivity contribution is 6.11. The molecule has 2 nitrogen and oxygen atoms in total. The quantitative estimate of drug-likeness (QED) is 0.185. The number of hydrogen-bond donors (Lipinski definition) is 0. The zero-order valence-corrected chi connectivity index (χ0v) is 26.3. The van der Waals surface area contributed by atoms with Crippen molar-refractivity contribution in [2.24, 2.45) is 0 Å². The molecule has 0 atom stereocenters. The Morgan fingerprint density at radius 2 is 0.812 bits per heavy atom. The normalized spacial score (nSPS) is 11.3. The highest BCUT2D eigenvalue weighted by Gasteiger charge is 2.19. The SMILES string of the molecule is c1ccc(-c2ccc(N(c3ccc(-c4ccccc4)cc3)c3ccccc3-c3ccc4c(c3)oc3cc5ccccc5cc34)cc2)cc1. The number of rotatable bonds is 6. The number of nitrogens with zero attached hydrogens (tertiary/aromatic N) is 1. The number of para-hydroxylation sites is 1. The summed E-state index contributed by atoms with van der Waals surface area (Å²) in [6, 6.07) is 66.9. The smallest absolute Gasteiger partial charge is 0.136 e. The predicted octanol–water partition coefficient (Wildman–Crippen LogP) is 13.2. The Morgan fingerprint density at radius 3 is 1.44 bits per heavy atom. The van der Waals surface area contributed by atoms with Crippen LogP contribution < -0.4 is 4.90 Å². The van der Waals surface area contributed by atoms with Gasteiger partial charge >= 0.3 is 0 Å². The summed E-state index contributed by atoms with van der Waals surface area (Å²) in [5, 5.41) is 4.67. The fraction of sp³-hybridized carbons (Fsp3) is 0. The summed E-state index contributed by atoms with van der Waals surface area (Å²) < 4.78 is 6.49. The fourth-order valence-corrected chi connectivity index (χ4v) is 6.84. The Balaban J connectivity index is 1.18. The monoisotopic (exact) mass is 613 g/mol. The van der Waals surface area contributed by atoms with E-state index in [-0.39, 0.29) is 0 Å². The van der Waals surface area contributed by atoms with Crippen molar-refractivity contribution in [2.75, 3.05) is 4.90 Å². The van der Waals surface area contributed by atoms with E-state index in [2.05, 4.69) is 193 Å². The van der Waals surface area contributed by atoms with E-state index < -0.39 is 0 Å². The highest BCUT2D eigenvalue weighted by atomic mass is 16.3. The Labute approximate surface area is 279 Å². The van der Waals surface area contributed by atoms with E-state index in [9.17, 15) is 0 Å². The molecule has 0 spiro atoms. The third kappa shape index (κ3) is 5.01. The Bertz CT molecular complexity index is 2450. The average Bonchev–Trinajstić information content (AvgIpc) is 3.52. The number of anilines is 3. The summed E-state index contributed by atoms with van der Waals surface area (Å²) in [5.41, 5.74) is 12.1. The molecule has 1 heterocycles. The molecule has 0 aliphatic heterocycles. The van der Waals surface area contributed by atoms with Gasteiger partial charge in [0.2, 0.25) is 0 Å². The van der Waals surface area contributed by atoms with E-state index in [0.717, 1.165) is 50.1 Å². The van der Waals surface area contributed by atoms with E-state index >= 15 is 0 Å². The van der Waals surface area contributed by atoms with Gasteiger partial charge in [0.15, 0.2) is 0 Å². The van der Waals surface area contributed by atoms with Crippen molar-refractivity contribution in [2.45, 2.75) is 0 Å². The van der Waals surface area contributed by atoms with Crippen LogP contribution >= 0.6 is 0 Å². The van der Waals surface area contributed by atoms with Crippen molar-refractivity contribution in [1.82, 2.24) is 0 Å². The Hall–Kier alpha value is -6.38. The average molecular weight is 614 g/mol. The molecule has 226 valence electrons. The summed E-state index contributed by atoms with van der Waals surface area (Å²) >= 11 is 0. The van der Waals surface area contributed by atoms with E-state index in [1.165, 1.54) is 33.0 Å². The van der Waals surface area contributed by atoms with E-state index in [1.54, 1.807) is 0 Å². The lowest BCUT2D eigenvalue weighted by atomic mass is 9.99. The first kappa shape index (κ1) is 27.9. The van der Waals surface area contributed by atoms with Gasteiger partial charge in [0.25, 0.3) is 0 Å². The third-order valence-corrected chi connectivity index (χ3v) is 9.26. The van der Waals surface area contributed by atoms with Crippen LogP contribution in [0.4, 0.5) is 17.1 Å². The lowest BCUT2D eigenvalue weighted by Gasteiger charge is -2.28. The van der Waals surface area contributed by atoms with Gasteiger partial charge in [0.05, 0.1) is 5.69 Å². The van der Waals surface area contributed by atoms with Crippen LogP contribution in [0.5, 0.6) is 0 Å². The molecule has 0 bridgehead atoms. The van der Waals surface area contributed by atoms with Gasteiger partial charge in [-0.05, 0) is 93.2 Å². The molecule has 0 saturated carbocycles. The molecule has 48 heavy (non-hydrogen) atoms. The van der Waals surface area contributed by atoms with Gasteiger partial charge in [-0.2, -0.15) is 0 Å². The number of benzene rings is 8.